The Bertz CT molecular complexity index is 868. The summed E-state index contributed by atoms with van der Waals surface area (Å²) in [6, 6.07) is 15.4. The minimum atomic E-state index is -1.80. The number of nitrogens with zero attached hydrogens (tertiary/aromatic N) is 1. The number of carbonyl (C=O) groups excluding carboxylic acids is 2. The van der Waals surface area contributed by atoms with E-state index in [0.29, 0.717) is 6.42 Å². The molecule has 2 aliphatic heterocycles. The van der Waals surface area contributed by atoms with E-state index in [1.54, 1.807) is 12.1 Å². The number of imide groups is 1. The van der Waals surface area contributed by atoms with Gasteiger partial charge in [0.05, 0.1) is 18.8 Å². The lowest BCUT2D eigenvalue weighted by Gasteiger charge is -2.27. The van der Waals surface area contributed by atoms with E-state index in [1.165, 1.54) is 12.1 Å². The highest BCUT2D eigenvalue weighted by Gasteiger charge is 2.52. The van der Waals surface area contributed by atoms with Crippen LogP contribution in [0.2, 0.25) is 0 Å². The molecule has 2 aliphatic rings. The van der Waals surface area contributed by atoms with Gasteiger partial charge in [-0.15, -0.1) is 0 Å². The number of hydrogen-bond acceptors (Lipinski definition) is 6. The lowest BCUT2D eigenvalue weighted by Crippen LogP contribution is -2.53. The van der Waals surface area contributed by atoms with Crippen LogP contribution in [0.1, 0.15) is 23.7 Å². The second kappa shape index (κ2) is 7.26. The SMILES string of the molecule is O=C1OC[C@H](Cc2ccccc2)N1C(=O)C1(O)COC(c2ccc(O)cc2)C1. The Balaban J connectivity index is 1.50. The summed E-state index contributed by atoms with van der Waals surface area (Å²) in [5.74, 6) is -0.575. The summed E-state index contributed by atoms with van der Waals surface area (Å²) >= 11 is 0. The number of hydrogen-bond donors (Lipinski definition) is 2. The van der Waals surface area contributed by atoms with Crippen molar-refractivity contribution in [1.82, 2.24) is 4.90 Å². The fraction of sp³-hybridized carbons (Fsp3) is 0.333. The van der Waals surface area contributed by atoms with Gasteiger partial charge in [0, 0.05) is 6.42 Å². The summed E-state index contributed by atoms with van der Waals surface area (Å²) in [5.41, 5.74) is -0.0903. The monoisotopic (exact) mass is 383 g/mol. The van der Waals surface area contributed by atoms with E-state index < -0.39 is 29.7 Å². The zero-order chi connectivity index (χ0) is 19.7. The topological polar surface area (TPSA) is 96.3 Å². The Hall–Kier alpha value is -2.90. The zero-order valence-corrected chi connectivity index (χ0v) is 15.2. The third kappa shape index (κ3) is 3.46. The lowest BCUT2D eigenvalue weighted by atomic mass is 9.94. The third-order valence-corrected chi connectivity index (χ3v) is 5.20. The highest BCUT2D eigenvalue weighted by Crippen LogP contribution is 2.37. The van der Waals surface area contributed by atoms with Crippen molar-refractivity contribution in [3.8, 4) is 5.75 Å². The molecule has 2 N–H and O–H groups in total. The Morgan fingerprint density at radius 2 is 1.86 bits per heavy atom. The van der Waals surface area contributed by atoms with Gasteiger partial charge < -0.3 is 19.7 Å². The summed E-state index contributed by atoms with van der Waals surface area (Å²) < 4.78 is 10.7. The molecule has 4 rings (SSSR count). The van der Waals surface area contributed by atoms with E-state index in [1.807, 2.05) is 30.3 Å². The summed E-state index contributed by atoms with van der Waals surface area (Å²) in [4.78, 5) is 26.3. The van der Waals surface area contributed by atoms with Gasteiger partial charge >= 0.3 is 6.09 Å². The largest absolute Gasteiger partial charge is 0.508 e. The van der Waals surface area contributed by atoms with Crippen molar-refractivity contribution in [2.24, 2.45) is 0 Å². The highest BCUT2D eigenvalue weighted by atomic mass is 16.6. The van der Waals surface area contributed by atoms with Crippen LogP contribution >= 0.6 is 0 Å². The second-order valence-corrected chi connectivity index (χ2v) is 7.22. The predicted molar refractivity (Wildman–Crippen MR) is 98.5 cm³/mol. The molecular formula is C21H21NO6. The Morgan fingerprint density at radius 1 is 1.14 bits per heavy atom. The van der Waals surface area contributed by atoms with Crippen molar-refractivity contribution in [1.29, 1.82) is 0 Å². The van der Waals surface area contributed by atoms with Crippen molar-refractivity contribution in [2.45, 2.75) is 30.6 Å². The average Bonchev–Trinajstić information content (AvgIpc) is 3.27. The van der Waals surface area contributed by atoms with Crippen molar-refractivity contribution in [3.05, 3.63) is 65.7 Å². The molecule has 0 saturated carbocycles. The van der Waals surface area contributed by atoms with Gasteiger partial charge in [-0.3, -0.25) is 4.79 Å². The Kier molecular flexibility index (Phi) is 4.78. The number of benzene rings is 2. The number of aliphatic hydroxyl groups is 1. The van der Waals surface area contributed by atoms with Gasteiger partial charge in [0.1, 0.15) is 12.4 Å². The Labute approximate surface area is 162 Å². The van der Waals surface area contributed by atoms with Gasteiger partial charge in [-0.05, 0) is 29.7 Å². The molecular weight excluding hydrogens is 362 g/mol. The van der Waals surface area contributed by atoms with E-state index in [2.05, 4.69) is 0 Å². The molecule has 2 heterocycles. The van der Waals surface area contributed by atoms with Gasteiger partial charge in [-0.25, -0.2) is 9.69 Å². The molecule has 2 aromatic carbocycles. The number of rotatable bonds is 4. The van der Waals surface area contributed by atoms with Crippen LogP contribution in [-0.4, -0.2) is 52.0 Å². The average molecular weight is 383 g/mol. The van der Waals surface area contributed by atoms with Crippen molar-refractivity contribution < 1.29 is 29.3 Å². The van der Waals surface area contributed by atoms with Gasteiger partial charge in [-0.2, -0.15) is 0 Å². The van der Waals surface area contributed by atoms with E-state index in [0.717, 1.165) is 16.0 Å². The zero-order valence-electron chi connectivity index (χ0n) is 15.2. The van der Waals surface area contributed by atoms with Crippen LogP contribution in [0.4, 0.5) is 4.79 Å². The van der Waals surface area contributed by atoms with Crippen molar-refractivity contribution in [2.75, 3.05) is 13.2 Å². The van der Waals surface area contributed by atoms with Crippen molar-refractivity contribution in [3.63, 3.8) is 0 Å². The maximum absolute atomic E-state index is 13.1. The molecule has 3 atom stereocenters. The summed E-state index contributed by atoms with van der Waals surface area (Å²) in [7, 11) is 0. The molecule has 146 valence electrons. The number of phenols is 1. The highest BCUT2D eigenvalue weighted by molar-refractivity contribution is 5.98. The summed E-state index contributed by atoms with van der Waals surface area (Å²) in [6.07, 6.45) is -0.761. The minimum Gasteiger partial charge on any atom is -0.508 e. The Morgan fingerprint density at radius 3 is 2.57 bits per heavy atom. The number of aromatic hydroxyl groups is 1. The summed E-state index contributed by atoms with van der Waals surface area (Å²) in [5, 5.41) is 20.3. The first-order valence-electron chi connectivity index (χ1n) is 9.13. The van der Waals surface area contributed by atoms with Crippen LogP contribution in [-0.2, 0) is 20.7 Å². The van der Waals surface area contributed by atoms with Crippen LogP contribution in [0, 0.1) is 0 Å². The molecule has 28 heavy (non-hydrogen) atoms. The first kappa shape index (κ1) is 18.5. The number of phenolic OH excluding ortho intramolecular Hbond substituents is 1. The van der Waals surface area contributed by atoms with Crippen LogP contribution < -0.4 is 0 Å². The van der Waals surface area contributed by atoms with Gasteiger partial charge in [0.25, 0.3) is 5.91 Å². The molecule has 0 spiro atoms. The lowest BCUT2D eigenvalue weighted by molar-refractivity contribution is -0.148. The van der Waals surface area contributed by atoms with Crippen LogP contribution in [0.5, 0.6) is 5.75 Å². The molecule has 7 heteroatoms. The molecule has 2 amide bonds. The molecule has 0 bridgehead atoms. The molecule has 0 aliphatic carbocycles. The van der Waals surface area contributed by atoms with E-state index in [4.69, 9.17) is 9.47 Å². The molecule has 0 aromatic heterocycles. The van der Waals surface area contributed by atoms with Crippen LogP contribution in [0.25, 0.3) is 0 Å². The number of carbonyl (C=O) groups is 2. The van der Waals surface area contributed by atoms with Crippen LogP contribution in [0.15, 0.2) is 54.6 Å². The van der Waals surface area contributed by atoms with Crippen LogP contribution in [0.3, 0.4) is 0 Å². The quantitative estimate of drug-likeness (QED) is 0.840. The van der Waals surface area contributed by atoms with Gasteiger partial charge in [-0.1, -0.05) is 42.5 Å². The van der Waals surface area contributed by atoms with E-state index in [-0.39, 0.29) is 25.4 Å². The molecule has 2 unspecified atom stereocenters. The maximum Gasteiger partial charge on any atom is 0.417 e. The fourth-order valence-electron chi connectivity index (χ4n) is 3.69. The van der Waals surface area contributed by atoms with E-state index >= 15 is 0 Å². The van der Waals surface area contributed by atoms with E-state index in [9.17, 15) is 19.8 Å². The molecule has 2 fully saturated rings. The summed E-state index contributed by atoms with van der Waals surface area (Å²) in [6.45, 7) is -0.114. The standard InChI is InChI=1S/C21H21NO6/c23-17-8-6-15(7-9-17)18-11-21(26,13-28-18)19(24)22-16(12-27-20(22)25)10-14-4-2-1-3-5-14/h1-9,16,18,23,26H,10-13H2/t16-,18?,21?/m0/s1. The normalized spacial score (nSPS) is 27.0. The molecule has 7 nitrogen and oxygen atoms in total. The first-order valence-corrected chi connectivity index (χ1v) is 9.13. The minimum absolute atomic E-state index is 0.0262. The fourth-order valence-corrected chi connectivity index (χ4v) is 3.69. The first-order chi connectivity index (χ1) is 13.5. The molecule has 2 aromatic rings. The molecule has 0 radical (unpaired) electrons. The van der Waals surface area contributed by atoms with Gasteiger partial charge in [0.2, 0.25) is 0 Å². The molecule has 2 saturated heterocycles. The number of amides is 2. The maximum atomic E-state index is 13.1. The van der Waals surface area contributed by atoms with Crippen molar-refractivity contribution >= 4 is 12.0 Å². The van der Waals surface area contributed by atoms with Gasteiger partial charge in [0.15, 0.2) is 5.60 Å². The second-order valence-electron chi connectivity index (χ2n) is 7.22. The predicted octanol–water partition coefficient (Wildman–Crippen LogP) is 2.17. The number of ether oxygens (including phenoxy) is 2. The third-order valence-electron chi connectivity index (χ3n) is 5.20. The number of cyclic esters (lactones) is 1. The smallest absolute Gasteiger partial charge is 0.417 e.